The third kappa shape index (κ3) is 5.04. The molecule has 1 aromatic carbocycles. The molecule has 1 saturated heterocycles. The molecule has 1 unspecified atom stereocenters. The molecule has 0 radical (unpaired) electrons. The Morgan fingerprint density at radius 3 is 2.62 bits per heavy atom. The first-order chi connectivity index (χ1) is 9.98. The van der Waals surface area contributed by atoms with Crippen LogP contribution >= 0.6 is 0 Å². The second-order valence-electron chi connectivity index (χ2n) is 5.43. The quantitative estimate of drug-likeness (QED) is 0.648. The number of nitrogens with zero attached hydrogens (tertiary/aromatic N) is 1. The van der Waals surface area contributed by atoms with Crippen LogP contribution in [-0.4, -0.2) is 38.5 Å². The van der Waals surface area contributed by atoms with Crippen molar-refractivity contribution in [2.75, 3.05) is 18.1 Å². The Hall–Kier alpha value is -1.56. The van der Waals surface area contributed by atoms with Crippen LogP contribution in [-0.2, 0) is 16.4 Å². The van der Waals surface area contributed by atoms with Crippen molar-refractivity contribution >= 4 is 15.8 Å². The molecule has 1 aromatic rings. The summed E-state index contributed by atoms with van der Waals surface area (Å²) in [7, 11) is -2.87. The first-order valence-corrected chi connectivity index (χ1v) is 9.11. The summed E-state index contributed by atoms with van der Waals surface area (Å²) in [6, 6.07) is 8.21. The Labute approximate surface area is 126 Å². The standard InChI is InChI=1S/C15H23N3O2S/c1-3-16-15(18-14-8-9-21(19,20)11-14)17-10-13-6-4-12(2)5-7-13/h4-7,14H,3,8-11H2,1-2H3,(H2,16,17,18). The number of hydrogen-bond donors (Lipinski definition) is 2. The van der Waals surface area contributed by atoms with E-state index >= 15 is 0 Å². The molecule has 1 aliphatic heterocycles. The molecule has 1 aliphatic rings. The molecular formula is C15H23N3O2S. The lowest BCUT2D eigenvalue weighted by Crippen LogP contribution is -2.44. The summed E-state index contributed by atoms with van der Waals surface area (Å²) in [4.78, 5) is 4.52. The molecule has 0 aliphatic carbocycles. The maximum Gasteiger partial charge on any atom is 0.191 e. The van der Waals surface area contributed by atoms with Crippen molar-refractivity contribution in [2.45, 2.75) is 32.9 Å². The van der Waals surface area contributed by atoms with E-state index in [-0.39, 0.29) is 17.5 Å². The molecule has 0 saturated carbocycles. The van der Waals surface area contributed by atoms with Crippen LogP contribution in [0.25, 0.3) is 0 Å². The number of aryl methyl sites for hydroxylation is 1. The van der Waals surface area contributed by atoms with Gasteiger partial charge in [0, 0.05) is 12.6 Å². The number of rotatable bonds is 4. The largest absolute Gasteiger partial charge is 0.357 e. The van der Waals surface area contributed by atoms with Crippen LogP contribution in [0.4, 0.5) is 0 Å². The highest BCUT2D eigenvalue weighted by molar-refractivity contribution is 7.91. The van der Waals surface area contributed by atoms with Gasteiger partial charge in [-0.25, -0.2) is 13.4 Å². The zero-order valence-corrected chi connectivity index (χ0v) is 13.4. The van der Waals surface area contributed by atoms with Gasteiger partial charge < -0.3 is 10.6 Å². The minimum atomic E-state index is -2.87. The highest BCUT2D eigenvalue weighted by atomic mass is 32.2. The fraction of sp³-hybridized carbons (Fsp3) is 0.533. The van der Waals surface area contributed by atoms with Crippen molar-refractivity contribution < 1.29 is 8.42 Å². The summed E-state index contributed by atoms with van der Waals surface area (Å²) in [6.07, 6.45) is 0.650. The summed E-state index contributed by atoms with van der Waals surface area (Å²) < 4.78 is 23.0. The van der Waals surface area contributed by atoms with Crippen LogP contribution in [0.5, 0.6) is 0 Å². The Kier molecular flexibility index (Phi) is 5.22. The van der Waals surface area contributed by atoms with Crippen molar-refractivity contribution in [3.05, 3.63) is 35.4 Å². The van der Waals surface area contributed by atoms with Crippen molar-refractivity contribution in [1.29, 1.82) is 0 Å². The first-order valence-electron chi connectivity index (χ1n) is 7.29. The number of guanidine groups is 1. The van der Waals surface area contributed by atoms with E-state index in [0.717, 1.165) is 12.1 Å². The van der Waals surface area contributed by atoms with Gasteiger partial charge in [0.25, 0.3) is 0 Å². The number of aliphatic imine (C=N–C) groups is 1. The predicted molar refractivity (Wildman–Crippen MR) is 86.2 cm³/mol. The normalized spacial score (nSPS) is 21.2. The first kappa shape index (κ1) is 15.8. The fourth-order valence-corrected chi connectivity index (χ4v) is 3.96. The van der Waals surface area contributed by atoms with Gasteiger partial charge in [0.05, 0.1) is 18.1 Å². The van der Waals surface area contributed by atoms with Gasteiger partial charge in [-0.2, -0.15) is 0 Å². The topological polar surface area (TPSA) is 70.6 Å². The minimum absolute atomic E-state index is 0.0363. The van der Waals surface area contributed by atoms with E-state index in [1.54, 1.807) is 0 Å². The third-order valence-corrected chi connectivity index (χ3v) is 5.23. The number of nitrogens with one attached hydrogen (secondary N) is 2. The molecule has 2 rings (SSSR count). The van der Waals surface area contributed by atoms with E-state index in [1.165, 1.54) is 5.56 Å². The SMILES string of the molecule is CCNC(=NCc1ccc(C)cc1)NC1CCS(=O)(=O)C1. The summed E-state index contributed by atoms with van der Waals surface area (Å²) in [6.45, 7) is 5.38. The van der Waals surface area contributed by atoms with Gasteiger partial charge in [0.15, 0.2) is 15.8 Å². The summed E-state index contributed by atoms with van der Waals surface area (Å²) >= 11 is 0. The summed E-state index contributed by atoms with van der Waals surface area (Å²) in [5.74, 6) is 1.14. The lowest BCUT2D eigenvalue weighted by Gasteiger charge is -2.15. The second-order valence-corrected chi connectivity index (χ2v) is 7.65. The molecule has 1 fully saturated rings. The lowest BCUT2D eigenvalue weighted by atomic mass is 10.1. The molecule has 2 N–H and O–H groups in total. The molecule has 0 amide bonds. The van der Waals surface area contributed by atoms with E-state index in [1.807, 2.05) is 6.92 Å². The van der Waals surface area contributed by atoms with Gasteiger partial charge in [0.2, 0.25) is 0 Å². The molecule has 1 atom stereocenters. The summed E-state index contributed by atoms with van der Waals surface area (Å²) in [5.41, 5.74) is 2.36. The van der Waals surface area contributed by atoms with Crippen LogP contribution in [0.1, 0.15) is 24.5 Å². The van der Waals surface area contributed by atoms with Gasteiger partial charge in [-0.05, 0) is 25.8 Å². The van der Waals surface area contributed by atoms with Crippen molar-refractivity contribution in [3.63, 3.8) is 0 Å². The van der Waals surface area contributed by atoms with E-state index in [0.29, 0.717) is 18.9 Å². The molecule has 0 aromatic heterocycles. The maximum absolute atomic E-state index is 11.5. The molecule has 0 bridgehead atoms. The Morgan fingerprint density at radius 1 is 1.33 bits per heavy atom. The zero-order chi connectivity index (χ0) is 15.3. The van der Waals surface area contributed by atoms with Crippen LogP contribution < -0.4 is 10.6 Å². The van der Waals surface area contributed by atoms with Gasteiger partial charge in [0.1, 0.15) is 0 Å². The highest BCUT2D eigenvalue weighted by Crippen LogP contribution is 2.11. The van der Waals surface area contributed by atoms with Gasteiger partial charge in [-0.1, -0.05) is 29.8 Å². The Bertz CT molecular complexity index is 594. The smallest absolute Gasteiger partial charge is 0.191 e. The fourth-order valence-electron chi connectivity index (χ4n) is 2.29. The van der Waals surface area contributed by atoms with E-state index in [9.17, 15) is 8.42 Å². The second kappa shape index (κ2) is 6.93. The Balaban J connectivity index is 1.97. The van der Waals surface area contributed by atoms with E-state index < -0.39 is 9.84 Å². The Morgan fingerprint density at radius 2 is 2.05 bits per heavy atom. The number of benzene rings is 1. The van der Waals surface area contributed by atoms with Crippen molar-refractivity contribution in [1.82, 2.24) is 10.6 Å². The van der Waals surface area contributed by atoms with Gasteiger partial charge in [-0.3, -0.25) is 0 Å². The monoisotopic (exact) mass is 309 g/mol. The van der Waals surface area contributed by atoms with Crippen molar-refractivity contribution in [2.24, 2.45) is 4.99 Å². The van der Waals surface area contributed by atoms with E-state index in [4.69, 9.17) is 0 Å². The average Bonchev–Trinajstić information content (AvgIpc) is 2.77. The maximum atomic E-state index is 11.5. The zero-order valence-electron chi connectivity index (χ0n) is 12.6. The van der Waals surface area contributed by atoms with Crippen LogP contribution in [0.2, 0.25) is 0 Å². The van der Waals surface area contributed by atoms with Crippen LogP contribution in [0, 0.1) is 6.92 Å². The van der Waals surface area contributed by atoms with Gasteiger partial charge in [-0.15, -0.1) is 0 Å². The van der Waals surface area contributed by atoms with Crippen molar-refractivity contribution in [3.8, 4) is 0 Å². The molecule has 1 heterocycles. The molecule has 6 heteroatoms. The highest BCUT2D eigenvalue weighted by Gasteiger charge is 2.28. The molecular weight excluding hydrogens is 286 g/mol. The average molecular weight is 309 g/mol. The molecule has 116 valence electrons. The van der Waals surface area contributed by atoms with Crippen LogP contribution in [0.15, 0.2) is 29.3 Å². The summed E-state index contributed by atoms with van der Waals surface area (Å²) in [5, 5.41) is 6.38. The van der Waals surface area contributed by atoms with E-state index in [2.05, 4.69) is 46.8 Å². The number of hydrogen-bond acceptors (Lipinski definition) is 3. The molecule has 0 spiro atoms. The minimum Gasteiger partial charge on any atom is -0.357 e. The third-order valence-electron chi connectivity index (χ3n) is 3.46. The van der Waals surface area contributed by atoms with Crippen LogP contribution in [0.3, 0.4) is 0 Å². The van der Waals surface area contributed by atoms with Gasteiger partial charge >= 0.3 is 0 Å². The predicted octanol–water partition coefficient (Wildman–Crippen LogP) is 1.24. The lowest BCUT2D eigenvalue weighted by molar-refractivity contribution is 0.599. The molecule has 5 nitrogen and oxygen atoms in total. The molecule has 21 heavy (non-hydrogen) atoms. The number of sulfone groups is 1.